The molecule has 84 valence electrons. The fourth-order valence-corrected chi connectivity index (χ4v) is 1.60. The zero-order valence-electron chi connectivity index (χ0n) is 10.3. The second-order valence-corrected chi connectivity index (χ2v) is 5.05. The van der Waals surface area contributed by atoms with Crippen LogP contribution in [0.3, 0.4) is 0 Å². The van der Waals surface area contributed by atoms with Crippen LogP contribution >= 0.6 is 0 Å². The van der Waals surface area contributed by atoms with Crippen molar-refractivity contribution >= 4 is 0 Å². The Hall–Kier alpha value is -1.64. The van der Waals surface area contributed by atoms with E-state index in [4.69, 9.17) is 0 Å². The Morgan fingerprint density at radius 1 is 1.31 bits per heavy atom. The number of nitrogens with zero attached hydrogens (tertiary/aromatic N) is 3. The van der Waals surface area contributed by atoms with E-state index in [1.54, 1.807) is 0 Å². The van der Waals surface area contributed by atoms with E-state index < -0.39 is 0 Å². The lowest BCUT2D eigenvalue weighted by molar-refractivity contribution is -0.753. The van der Waals surface area contributed by atoms with Crippen LogP contribution in [0.15, 0.2) is 37.1 Å². The van der Waals surface area contributed by atoms with Gasteiger partial charge in [0.15, 0.2) is 0 Å². The first-order chi connectivity index (χ1) is 7.47. The molecule has 3 nitrogen and oxygen atoms in total. The minimum absolute atomic E-state index is 0.118. The molecule has 0 N–H and O–H groups in total. The molecule has 0 amide bonds. The Kier molecular flexibility index (Phi) is 2.54. The standard InChI is InChI=1S/C13H18N3/c1-11-9-12(5-6-14-11)15-7-8-16(10-15)13(2,3)4/h5-10H,1-4H3/q+1. The molecule has 0 saturated carbocycles. The summed E-state index contributed by atoms with van der Waals surface area (Å²) < 4.78 is 4.31. The molecule has 0 aliphatic rings. The Morgan fingerprint density at radius 3 is 2.62 bits per heavy atom. The highest BCUT2D eigenvalue weighted by Crippen LogP contribution is 2.09. The van der Waals surface area contributed by atoms with Crippen molar-refractivity contribution in [2.24, 2.45) is 0 Å². The SMILES string of the molecule is Cc1cc(-n2cc[n+](C(C)(C)C)c2)ccn1. The molecule has 2 rings (SSSR count). The first-order valence-corrected chi connectivity index (χ1v) is 5.49. The molecule has 0 aliphatic heterocycles. The maximum atomic E-state index is 4.20. The van der Waals surface area contributed by atoms with E-state index in [-0.39, 0.29) is 5.54 Å². The highest BCUT2D eigenvalue weighted by atomic mass is 15.1. The third-order valence-electron chi connectivity index (χ3n) is 2.59. The van der Waals surface area contributed by atoms with Gasteiger partial charge in [0.1, 0.15) is 23.6 Å². The molecule has 3 heteroatoms. The molecule has 0 atom stereocenters. The summed E-state index contributed by atoms with van der Waals surface area (Å²) in [4.78, 5) is 4.20. The van der Waals surface area contributed by atoms with Crippen molar-refractivity contribution in [3.63, 3.8) is 0 Å². The van der Waals surface area contributed by atoms with E-state index in [9.17, 15) is 0 Å². The number of aryl methyl sites for hydroxylation is 1. The minimum atomic E-state index is 0.118. The van der Waals surface area contributed by atoms with E-state index in [1.165, 1.54) is 0 Å². The van der Waals surface area contributed by atoms with Crippen LogP contribution in [0.5, 0.6) is 0 Å². The van der Waals surface area contributed by atoms with Crippen molar-refractivity contribution in [1.82, 2.24) is 9.55 Å². The van der Waals surface area contributed by atoms with Crippen molar-refractivity contribution in [1.29, 1.82) is 0 Å². The summed E-state index contributed by atoms with van der Waals surface area (Å²) in [6, 6.07) is 4.09. The summed E-state index contributed by atoms with van der Waals surface area (Å²) in [5, 5.41) is 0. The smallest absolute Gasteiger partial charge is 0.249 e. The molecule has 2 aromatic rings. The average Bonchev–Trinajstić information content (AvgIpc) is 2.65. The van der Waals surface area contributed by atoms with Crippen LogP contribution in [0.25, 0.3) is 5.69 Å². The van der Waals surface area contributed by atoms with Gasteiger partial charge in [-0.15, -0.1) is 0 Å². The third kappa shape index (κ3) is 2.13. The van der Waals surface area contributed by atoms with Crippen molar-refractivity contribution < 1.29 is 4.57 Å². The molecule has 0 aliphatic carbocycles. The summed E-state index contributed by atoms with van der Waals surface area (Å²) in [7, 11) is 0. The average molecular weight is 216 g/mol. The van der Waals surface area contributed by atoms with E-state index >= 15 is 0 Å². The molecular weight excluding hydrogens is 198 g/mol. The second-order valence-electron chi connectivity index (χ2n) is 5.05. The summed E-state index contributed by atoms with van der Waals surface area (Å²) in [6.45, 7) is 8.57. The number of pyridine rings is 1. The Balaban J connectivity index is 2.39. The van der Waals surface area contributed by atoms with Gasteiger partial charge in [-0.25, -0.2) is 9.13 Å². The van der Waals surface area contributed by atoms with Gasteiger partial charge in [0.25, 0.3) is 0 Å². The Labute approximate surface area is 96.4 Å². The van der Waals surface area contributed by atoms with E-state index in [1.807, 2.05) is 19.2 Å². The highest BCUT2D eigenvalue weighted by molar-refractivity contribution is 5.30. The first-order valence-electron chi connectivity index (χ1n) is 5.49. The van der Waals surface area contributed by atoms with Crippen LogP contribution in [-0.4, -0.2) is 9.55 Å². The zero-order valence-corrected chi connectivity index (χ0v) is 10.3. The summed E-state index contributed by atoms with van der Waals surface area (Å²) >= 11 is 0. The van der Waals surface area contributed by atoms with Gasteiger partial charge in [-0.3, -0.25) is 4.98 Å². The number of aromatic nitrogens is 3. The van der Waals surface area contributed by atoms with Gasteiger partial charge < -0.3 is 0 Å². The number of rotatable bonds is 1. The fraction of sp³-hybridized carbons (Fsp3) is 0.385. The van der Waals surface area contributed by atoms with Gasteiger partial charge in [-0.05, 0) is 27.7 Å². The second kappa shape index (κ2) is 3.74. The van der Waals surface area contributed by atoms with Crippen molar-refractivity contribution in [3.8, 4) is 5.69 Å². The zero-order chi connectivity index (χ0) is 11.8. The molecule has 16 heavy (non-hydrogen) atoms. The third-order valence-corrected chi connectivity index (χ3v) is 2.59. The van der Waals surface area contributed by atoms with Crippen molar-refractivity contribution in [2.75, 3.05) is 0 Å². The topological polar surface area (TPSA) is 21.7 Å². The molecule has 0 radical (unpaired) electrons. The minimum Gasteiger partial charge on any atom is -0.261 e. The van der Waals surface area contributed by atoms with Crippen LogP contribution < -0.4 is 4.57 Å². The van der Waals surface area contributed by atoms with Crippen LogP contribution in [0.4, 0.5) is 0 Å². The maximum Gasteiger partial charge on any atom is 0.249 e. The van der Waals surface area contributed by atoms with Crippen LogP contribution in [0.1, 0.15) is 26.5 Å². The lowest BCUT2D eigenvalue weighted by atomic mass is 10.1. The predicted molar refractivity (Wildman–Crippen MR) is 63.5 cm³/mol. The number of imidazole rings is 1. The van der Waals surface area contributed by atoms with Gasteiger partial charge in [0, 0.05) is 24.0 Å². The summed E-state index contributed by atoms with van der Waals surface area (Å²) in [5.74, 6) is 0. The van der Waals surface area contributed by atoms with E-state index in [2.05, 4.69) is 59.7 Å². The highest BCUT2D eigenvalue weighted by Gasteiger charge is 2.19. The fourth-order valence-electron chi connectivity index (χ4n) is 1.60. The first kappa shape index (κ1) is 10.9. The van der Waals surface area contributed by atoms with Gasteiger partial charge in [0.2, 0.25) is 6.33 Å². The number of hydrogen-bond donors (Lipinski definition) is 0. The molecule has 0 bridgehead atoms. The summed E-state index contributed by atoms with van der Waals surface area (Å²) in [6.07, 6.45) is 8.11. The predicted octanol–water partition coefficient (Wildman–Crippen LogP) is 2.22. The van der Waals surface area contributed by atoms with Gasteiger partial charge in [-0.1, -0.05) is 0 Å². The lowest BCUT2D eigenvalue weighted by Crippen LogP contribution is -2.48. The van der Waals surface area contributed by atoms with Crippen LogP contribution in [0, 0.1) is 6.92 Å². The molecule has 2 heterocycles. The van der Waals surface area contributed by atoms with Gasteiger partial charge in [-0.2, -0.15) is 0 Å². The van der Waals surface area contributed by atoms with Crippen LogP contribution in [0.2, 0.25) is 0 Å². The lowest BCUT2D eigenvalue weighted by Gasteiger charge is -2.13. The molecule has 0 spiro atoms. The quantitative estimate of drug-likeness (QED) is 0.670. The van der Waals surface area contributed by atoms with Crippen LogP contribution in [-0.2, 0) is 5.54 Å². The van der Waals surface area contributed by atoms with Crippen molar-refractivity contribution in [3.05, 3.63) is 42.7 Å². The normalized spacial score (nSPS) is 11.8. The van der Waals surface area contributed by atoms with E-state index in [0.29, 0.717) is 0 Å². The molecule has 0 aromatic carbocycles. The Morgan fingerprint density at radius 2 is 2.06 bits per heavy atom. The molecular formula is C13H18N3+. The molecule has 0 fully saturated rings. The van der Waals surface area contributed by atoms with Gasteiger partial charge in [0.05, 0.1) is 0 Å². The largest absolute Gasteiger partial charge is 0.261 e. The monoisotopic (exact) mass is 216 g/mol. The number of hydrogen-bond acceptors (Lipinski definition) is 1. The Bertz CT molecular complexity index is 492. The summed E-state index contributed by atoms with van der Waals surface area (Å²) in [5.41, 5.74) is 2.30. The van der Waals surface area contributed by atoms with E-state index in [0.717, 1.165) is 11.4 Å². The maximum absolute atomic E-state index is 4.20. The van der Waals surface area contributed by atoms with Gasteiger partial charge >= 0.3 is 0 Å². The molecule has 0 saturated heterocycles. The molecule has 2 aromatic heterocycles. The molecule has 0 unspecified atom stereocenters. The van der Waals surface area contributed by atoms with Crippen molar-refractivity contribution in [2.45, 2.75) is 33.2 Å².